The molecule has 1 amide bonds. The topological polar surface area (TPSA) is 49.3 Å². The molecule has 0 spiro atoms. The maximum absolute atomic E-state index is 11.6. The van der Waals surface area contributed by atoms with Crippen LogP contribution < -0.4 is 5.32 Å². The number of nitrogens with one attached hydrogen (secondary N) is 1. The predicted octanol–water partition coefficient (Wildman–Crippen LogP) is 2.79. The van der Waals surface area contributed by atoms with Crippen LogP contribution in [0.4, 0.5) is 0 Å². The fourth-order valence-electron chi connectivity index (χ4n) is 3.02. The van der Waals surface area contributed by atoms with Crippen molar-refractivity contribution in [2.75, 3.05) is 34.2 Å². The maximum atomic E-state index is 11.6. The van der Waals surface area contributed by atoms with Gasteiger partial charge in [0.15, 0.2) is 0 Å². The Bertz CT molecular complexity index is 666. The molecule has 2 aromatic rings. The summed E-state index contributed by atoms with van der Waals surface area (Å²) in [5.41, 5.74) is 2.89. The number of hydrogen-bond donors (Lipinski definition) is 2. The molecule has 2 rings (SSSR count). The van der Waals surface area contributed by atoms with E-state index >= 15 is 0 Å². The van der Waals surface area contributed by atoms with Gasteiger partial charge < -0.3 is 14.9 Å². The van der Waals surface area contributed by atoms with Crippen molar-refractivity contribution in [1.29, 1.82) is 0 Å². The smallest absolute Gasteiger partial charge is 0.251 e. The molecule has 1 unspecified atom stereocenters. The van der Waals surface area contributed by atoms with E-state index in [2.05, 4.69) is 19.4 Å². The van der Waals surface area contributed by atoms with Crippen LogP contribution in [0.15, 0.2) is 54.6 Å². The highest BCUT2D eigenvalue weighted by atomic mass is 16.3. The quantitative estimate of drug-likeness (QED) is 0.726. The van der Waals surface area contributed by atoms with E-state index in [0.717, 1.165) is 29.4 Å². The van der Waals surface area contributed by atoms with Gasteiger partial charge >= 0.3 is 0 Å². The highest BCUT2D eigenvalue weighted by Crippen LogP contribution is 2.17. The molecule has 0 saturated heterocycles. The van der Waals surface area contributed by atoms with E-state index in [1.54, 1.807) is 7.05 Å². The van der Waals surface area contributed by atoms with E-state index in [4.69, 9.17) is 0 Å². The fraction of sp³-hybridized carbons (Fsp3) is 0.381. The Morgan fingerprint density at radius 1 is 1.08 bits per heavy atom. The second-order valence-electron chi connectivity index (χ2n) is 7.15. The third-order valence-corrected chi connectivity index (χ3v) is 4.52. The number of hydrogen-bond acceptors (Lipinski definition) is 2. The lowest BCUT2D eigenvalue weighted by Gasteiger charge is -2.32. The second-order valence-corrected chi connectivity index (χ2v) is 7.15. The number of amides is 1. The molecule has 0 aromatic heterocycles. The van der Waals surface area contributed by atoms with Gasteiger partial charge in [-0.1, -0.05) is 42.5 Å². The molecule has 134 valence electrons. The molecule has 0 bridgehead atoms. The second kappa shape index (κ2) is 8.79. The van der Waals surface area contributed by atoms with Crippen molar-refractivity contribution >= 4 is 5.91 Å². The molecular formula is C21H29N2O2+. The SMILES string of the molecule is CNC(=O)c1ccc(CCC[N+](C)(C)CC(O)c2ccccc2)cc1. The molecule has 2 N–H and O–H groups in total. The largest absolute Gasteiger partial charge is 0.382 e. The first kappa shape index (κ1) is 19.2. The molecule has 0 radical (unpaired) electrons. The van der Waals surface area contributed by atoms with Gasteiger partial charge in [-0.05, 0) is 29.7 Å². The van der Waals surface area contributed by atoms with Crippen LogP contribution in [0.2, 0.25) is 0 Å². The standard InChI is InChI=1S/C21H28N2O2/c1-22-21(25)19-13-11-17(12-14-19)8-7-15-23(2,3)16-20(24)18-9-5-4-6-10-18/h4-6,9-14,20,24H,7-8,15-16H2,1-3H3/p+1. The first-order valence-corrected chi connectivity index (χ1v) is 8.77. The molecule has 4 nitrogen and oxygen atoms in total. The van der Waals surface area contributed by atoms with Crippen molar-refractivity contribution in [3.8, 4) is 0 Å². The van der Waals surface area contributed by atoms with Gasteiger partial charge in [0, 0.05) is 19.0 Å². The molecule has 1 atom stereocenters. The Morgan fingerprint density at radius 2 is 1.72 bits per heavy atom. The molecule has 25 heavy (non-hydrogen) atoms. The number of benzene rings is 2. The normalized spacial score (nSPS) is 12.6. The van der Waals surface area contributed by atoms with Crippen molar-refractivity contribution in [2.45, 2.75) is 18.9 Å². The van der Waals surface area contributed by atoms with Crippen molar-refractivity contribution in [1.82, 2.24) is 5.32 Å². The van der Waals surface area contributed by atoms with Crippen molar-refractivity contribution in [3.63, 3.8) is 0 Å². The molecule has 4 heteroatoms. The van der Waals surface area contributed by atoms with Crippen LogP contribution in [0.1, 0.15) is 34.0 Å². The molecular weight excluding hydrogens is 312 g/mol. The molecule has 0 aliphatic rings. The summed E-state index contributed by atoms with van der Waals surface area (Å²) in [5, 5.41) is 13.1. The fourth-order valence-corrected chi connectivity index (χ4v) is 3.02. The third kappa shape index (κ3) is 6.00. The third-order valence-electron chi connectivity index (χ3n) is 4.52. The van der Waals surface area contributed by atoms with Gasteiger partial charge in [0.1, 0.15) is 12.6 Å². The zero-order valence-corrected chi connectivity index (χ0v) is 15.4. The summed E-state index contributed by atoms with van der Waals surface area (Å²) in [6, 6.07) is 17.6. The van der Waals surface area contributed by atoms with Crippen LogP contribution in [0.25, 0.3) is 0 Å². The van der Waals surface area contributed by atoms with Crippen LogP contribution in [0.3, 0.4) is 0 Å². The highest BCUT2D eigenvalue weighted by Gasteiger charge is 2.21. The van der Waals surface area contributed by atoms with Gasteiger partial charge in [0.2, 0.25) is 0 Å². The molecule has 0 aliphatic carbocycles. The van der Waals surface area contributed by atoms with Gasteiger partial charge in [-0.3, -0.25) is 4.79 Å². The summed E-state index contributed by atoms with van der Waals surface area (Å²) in [6.45, 7) is 1.68. The number of quaternary nitrogens is 1. The Balaban J connectivity index is 1.82. The number of likely N-dealkylation sites (N-methyl/N-ethyl adjacent to an activating group) is 1. The van der Waals surface area contributed by atoms with Crippen LogP contribution in [0, 0.1) is 0 Å². The van der Waals surface area contributed by atoms with Crippen LogP contribution in [-0.4, -0.2) is 49.7 Å². The number of carbonyl (C=O) groups is 1. The summed E-state index contributed by atoms with van der Waals surface area (Å²) in [4.78, 5) is 11.6. The minimum absolute atomic E-state index is 0.0563. The number of rotatable bonds is 8. The molecule has 0 heterocycles. The van der Waals surface area contributed by atoms with Crippen molar-refractivity contribution in [2.24, 2.45) is 0 Å². The Labute approximate surface area is 150 Å². The van der Waals surface area contributed by atoms with Crippen LogP contribution in [-0.2, 0) is 6.42 Å². The number of aryl methyl sites for hydroxylation is 1. The number of aliphatic hydroxyl groups excluding tert-OH is 1. The number of nitrogens with zero attached hydrogens (tertiary/aromatic N) is 1. The van der Waals surface area contributed by atoms with Gasteiger partial charge in [-0.2, -0.15) is 0 Å². The van der Waals surface area contributed by atoms with Gasteiger partial charge in [0.25, 0.3) is 5.91 Å². The van der Waals surface area contributed by atoms with E-state index < -0.39 is 6.10 Å². The van der Waals surface area contributed by atoms with E-state index in [-0.39, 0.29) is 5.91 Å². The zero-order chi connectivity index (χ0) is 18.3. The van der Waals surface area contributed by atoms with E-state index in [9.17, 15) is 9.90 Å². The highest BCUT2D eigenvalue weighted by molar-refractivity contribution is 5.93. The van der Waals surface area contributed by atoms with E-state index in [1.165, 1.54) is 5.56 Å². The average molecular weight is 341 g/mol. The average Bonchev–Trinajstić information content (AvgIpc) is 2.62. The zero-order valence-electron chi connectivity index (χ0n) is 15.4. The Kier molecular flexibility index (Phi) is 6.73. The van der Waals surface area contributed by atoms with Gasteiger partial charge in [-0.25, -0.2) is 0 Å². The van der Waals surface area contributed by atoms with Crippen molar-refractivity contribution in [3.05, 3.63) is 71.3 Å². The molecule has 0 aliphatic heterocycles. The van der Waals surface area contributed by atoms with E-state index in [1.807, 2.05) is 54.6 Å². The number of aliphatic hydroxyl groups is 1. The lowest BCUT2D eigenvalue weighted by molar-refractivity contribution is -0.894. The first-order valence-electron chi connectivity index (χ1n) is 8.77. The summed E-state index contributed by atoms with van der Waals surface area (Å²) in [5.74, 6) is -0.0563. The first-order chi connectivity index (χ1) is 11.9. The monoisotopic (exact) mass is 341 g/mol. The Morgan fingerprint density at radius 3 is 2.32 bits per heavy atom. The lowest BCUT2D eigenvalue weighted by atomic mass is 10.1. The Hall–Kier alpha value is -2.17. The molecule has 0 saturated carbocycles. The number of carbonyl (C=O) groups excluding carboxylic acids is 1. The maximum Gasteiger partial charge on any atom is 0.251 e. The van der Waals surface area contributed by atoms with Crippen LogP contribution in [0.5, 0.6) is 0 Å². The summed E-state index contributed by atoms with van der Waals surface area (Å²) in [7, 11) is 5.95. The van der Waals surface area contributed by atoms with Crippen LogP contribution >= 0.6 is 0 Å². The van der Waals surface area contributed by atoms with Gasteiger partial charge in [0.05, 0.1) is 20.6 Å². The lowest BCUT2D eigenvalue weighted by Crippen LogP contribution is -2.43. The van der Waals surface area contributed by atoms with Crippen molar-refractivity contribution < 1.29 is 14.4 Å². The summed E-state index contributed by atoms with van der Waals surface area (Å²) >= 11 is 0. The molecule has 0 fully saturated rings. The van der Waals surface area contributed by atoms with Gasteiger partial charge in [-0.15, -0.1) is 0 Å². The van der Waals surface area contributed by atoms with E-state index in [0.29, 0.717) is 12.1 Å². The predicted molar refractivity (Wildman–Crippen MR) is 101 cm³/mol. The molecule has 2 aromatic carbocycles. The summed E-state index contributed by atoms with van der Waals surface area (Å²) < 4.78 is 0.770. The minimum atomic E-state index is -0.442. The summed E-state index contributed by atoms with van der Waals surface area (Å²) in [6.07, 6.45) is 1.56. The minimum Gasteiger partial charge on any atom is -0.382 e.